The van der Waals surface area contributed by atoms with Crippen LogP contribution in [0.3, 0.4) is 0 Å². The quantitative estimate of drug-likeness (QED) is 0.671. The Hall–Kier alpha value is -1.40. The Morgan fingerprint density at radius 3 is 2.79 bits per heavy atom. The first-order valence-electron chi connectivity index (χ1n) is 6.76. The van der Waals surface area contributed by atoms with E-state index >= 15 is 0 Å². The Morgan fingerprint density at radius 2 is 2.21 bits per heavy atom. The number of hydrogen-bond acceptors (Lipinski definition) is 5. The molecule has 1 aliphatic heterocycles. The monoisotopic (exact) mass is 267 g/mol. The Bertz CT molecular complexity index is 444. The smallest absolute Gasteiger partial charge is 0.404 e. The molecule has 1 aromatic heterocycles. The topological polar surface area (TPSA) is 85.5 Å². The van der Waals surface area contributed by atoms with Crippen LogP contribution in [0.25, 0.3) is 0 Å². The molecule has 1 aliphatic rings. The van der Waals surface area contributed by atoms with Crippen LogP contribution in [0.1, 0.15) is 44.9 Å². The lowest BCUT2D eigenvalue weighted by atomic mass is 10.0. The van der Waals surface area contributed by atoms with Crippen molar-refractivity contribution in [1.29, 1.82) is 0 Å². The van der Waals surface area contributed by atoms with Crippen LogP contribution >= 0.6 is 0 Å². The van der Waals surface area contributed by atoms with Crippen LogP contribution in [0.15, 0.2) is 16.5 Å². The molecule has 2 N–H and O–H groups in total. The van der Waals surface area contributed by atoms with Gasteiger partial charge in [-0.15, -0.1) is 0 Å². The lowest BCUT2D eigenvalue weighted by Gasteiger charge is -2.34. The molecule has 0 bridgehead atoms. The third kappa shape index (κ3) is 2.96. The predicted octanol–water partition coefficient (Wildman–Crippen LogP) is 2.45. The third-order valence-corrected chi connectivity index (χ3v) is 3.71. The molecule has 0 amide bonds. The summed E-state index contributed by atoms with van der Waals surface area (Å²) in [5.41, 5.74) is 6.25. The highest BCUT2D eigenvalue weighted by atomic mass is 16.6. The summed E-state index contributed by atoms with van der Waals surface area (Å²) in [7, 11) is 0. The SMILES string of the molecule is CC(C)N1CCCCC(N)C1c1ccc([N+](=O)[O-])o1. The van der Waals surface area contributed by atoms with Crippen LogP contribution in [0.4, 0.5) is 5.88 Å². The summed E-state index contributed by atoms with van der Waals surface area (Å²) in [6.07, 6.45) is 3.11. The van der Waals surface area contributed by atoms with E-state index in [1.165, 1.54) is 6.07 Å². The Balaban J connectivity index is 2.31. The molecule has 0 radical (unpaired) electrons. The van der Waals surface area contributed by atoms with Crippen molar-refractivity contribution < 1.29 is 9.34 Å². The van der Waals surface area contributed by atoms with E-state index in [0.29, 0.717) is 11.8 Å². The second kappa shape index (κ2) is 5.71. The first-order chi connectivity index (χ1) is 9.00. The van der Waals surface area contributed by atoms with Crippen molar-refractivity contribution in [3.8, 4) is 0 Å². The molecule has 0 saturated carbocycles. The first-order valence-corrected chi connectivity index (χ1v) is 6.76. The van der Waals surface area contributed by atoms with E-state index in [4.69, 9.17) is 10.2 Å². The summed E-state index contributed by atoms with van der Waals surface area (Å²) in [6, 6.07) is 3.31. The van der Waals surface area contributed by atoms with Gasteiger partial charge >= 0.3 is 5.88 Å². The molecule has 0 aliphatic carbocycles. The van der Waals surface area contributed by atoms with Crippen molar-refractivity contribution in [1.82, 2.24) is 4.90 Å². The van der Waals surface area contributed by atoms with Gasteiger partial charge in [-0.2, -0.15) is 0 Å². The summed E-state index contributed by atoms with van der Waals surface area (Å²) in [4.78, 5) is 12.5. The van der Waals surface area contributed by atoms with E-state index in [1.807, 2.05) is 0 Å². The normalized spacial score (nSPS) is 25.5. The molecule has 106 valence electrons. The van der Waals surface area contributed by atoms with Gasteiger partial charge < -0.3 is 10.2 Å². The van der Waals surface area contributed by atoms with Gasteiger partial charge in [0.1, 0.15) is 10.7 Å². The van der Waals surface area contributed by atoms with Crippen LogP contribution in [0, 0.1) is 10.1 Å². The van der Waals surface area contributed by atoms with Gasteiger partial charge in [0, 0.05) is 12.1 Å². The number of furan rings is 1. The summed E-state index contributed by atoms with van der Waals surface area (Å²) in [5, 5.41) is 10.7. The van der Waals surface area contributed by atoms with Gasteiger partial charge in [0.2, 0.25) is 0 Å². The van der Waals surface area contributed by atoms with Crippen molar-refractivity contribution >= 4 is 5.88 Å². The van der Waals surface area contributed by atoms with Gasteiger partial charge in [-0.05, 0) is 39.3 Å². The van der Waals surface area contributed by atoms with Crippen LogP contribution < -0.4 is 5.73 Å². The van der Waals surface area contributed by atoms with E-state index < -0.39 is 4.92 Å². The van der Waals surface area contributed by atoms with Gasteiger partial charge in [0.05, 0.1) is 12.1 Å². The highest BCUT2D eigenvalue weighted by molar-refractivity contribution is 5.21. The van der Waals surface area contributed by atoms with E-state index in [-0.39, 0.29) is 18.0 Å². The van der Waals surface area contributed by atoms with Crippen LogP contribution in [0.5, 0.6) is 0 Å². The second-order valence-corrected chi connectivity index (χ2v) is 5.37. The zero-order valence-electron chi connectivity index (χ0n) is 11.4. The standard InChI is InChI=1S/C13H21N3O3/c1-9(2)15-8-4-3-5-10(14)13(15)11-6-7-12(19-11)16(17)18/h6-7,9-10,13H,3-5,8,14H2,1-2H3. The third-order valence-electron chi connectivity index (χ3n) is 3.71. The van der Waals surface area contributed by atoms with Crippen molar-refractivity contribution in [2.45, 2.75) is 51.2 Å². The average molecular weight is 267 g/mol. The molecule has 1 aromatic rings. The van der Waals surface area contributed by atoms with Gasteiger partial charge in [-0.25, -0.2) is 0 Å². The summed E-state index contributed by atoms with van der Waals surface area (Å²) in [6.45, 7) is 5.18. The van der Waals surface area contributed by atoms with Crippen molar-refractivity contribution in [2.24, 2.45) is 5.73 Å². The highest BCUT2D eigenvalue weighted by Gasteiger charge is 2.33. The first kappa shape index (κ1) is 14.0. The van der Waals surface area contributed by atoms with Crippen molar-refractivity contribution in [2.75, 3.05) is 6.54 Å². The number of hydrogen-bond donors (Lipinski definition) is 1. The van der Waals surface area contributed by atoms with Crippen LogP contribution in [-0.2, 0) is 0 Å². The fourth-order valence-electron chi connectivity index (χ4n) is 2.77. The van der Waals surface area contributed by atoms with Crippen LogP contribution in [-0.4, -0.2) is 28.5 Å². The van der Waals surface area contributed by atoms with Crippen molar-refractivity contribution in [3.63, 3.8) is 0 Å². The van der Waals surface area contributed by atoms with Crippen LogP contribution in [0.2, 0.25) is 0 Å². The minimum atomic E-state index is -0.508. The van der Waals surface area contributed by atoms with Gasteiger partial charge in [-0.1, -0.05) is 6.42 Å². The molecule has 19 heavy (non-hydrogen) atoms. The number of rotatable bonds is 3. The Labute approximate surface area is 112 Å². The number of nitro groups is 1. The number of nitrogens with zero attached hydrogens (tertiary/aromatic N) is 2. The van der Waals surface area contributed by atoms with E-state index in [1.54, 1.807) is 6.07 Å². The second-order valence-electron chi connectivity index (χ2n) is 5.37. The highest BCUT2D eigenvalue weighted by Crippen LogP contribution is 2.33. The molecule has 0 aromatic carbocycles. The van der Waals surface area contributed by atoms with E-state index in [9.17, 15) is 10.1 Å². The minimum absolute atomic E-state index is 0.0457. The molecule has 6 heteroatoms. The molecule has 2 heterocycles. The molecule has 1 fully saturated rings. The molecule has 2 unspecified atom stereocenters. The molecule has 0 spiro atoms. The van der Waals surface area contributed by atoms with Gasteiger partial charge in [0.25, 0.3) is 0 Å². The summed E-state index contributed by atoms with van der Waals surface area (Å²) >= 11 is 0. The number of nitrogens with two attached hydrogens (primary N) is 1. The molecular weight excluding hydrogens is 246 g/mol. The van der Waals surface area contributed by atoms with Gasteiger partial charge in [0.15, 0.2) is 0 Å². The van der Waals surface area contributed by atoms with Gasteiger partial charge in [-0.3, -0.25) is 15.0 Å². The molecular formula is C13H21N3O3. The summed E-state index contributed by atoms with van der Waals surface area (Å²) < 4.78 is 5.37. The van der Waals surface area contributed by atoms with E-state index in [2.05, 4.69) is 18.7 Å². The largest absolute Gasteiger partial charge is 0.433 e. The summed E-state index contributed by atoms with van der Waals surface area (Å²) in [5.74, 6) is 0.393. The fraction of sp³-hybridized carbons (Fsp3) is 0.692. The Kier molecular flexibility index (Phi) is 4.21. The molecule has 2 rings (SSSR count). The van der Waals surface area contributed by atoms with Crippen molar-refractivity contribution in [3.05, 3.63) is 28.0 Å². The zero-order chi connectivity index (χ0) is 14.0. The lowest BCUT2D eigenvalue weighted by Crippen LogP contribution is -2.43. The molecule has 1 saturated heterocycles. The maximum Gasteiger partial charge on any atom is 0.433 e. The predicted molar refractivity (Wildman–Crippen MR) is 71.8 cm³/mol. The fourth-order valence-corrected chi connectivity index (χ4v) is 2.77. The lowest BCUT2D eigenvalue weighted by molar-refractivity contribution is -0.402. The van der Waals surface area contributed by atoms with E-state index in [0.717, 1.165) is 25.8 Å². The molecule has 2 atom stereocenters. The average Bonchev–Trinajstić information content (AvgIpc) is 2.74. The minimum Gasteiger partial charge on any atom is -0.404 e. The maximum atomic E-state index is 10.7. The number of likely N-dealkylation sites (tertiary alicyclic amines) is 1. The Morgan fingerprint density at radius 1 is 1.47 bits per heavy atom. The molecule has 6 nitrogen and oxygen atoms in total. The zero-order valence-corrected chi connectivity index (χ0v) is 11.4. The maximum absolute atomic E-state index is 10.7.